The van der Waals surface area contributed by atoms with E-state index < -0.39 is 0 Å². The topological polar surface area (TPSA) is 12.9 Å². The number of rotatable bonds is 3. The van der Waals surface area contributed by atoms with Gasteiger partial charge in [0.1, 0.15) is 0 Å². The Balaban J connectivity index is 2.38. The van der Waals surface area contributed by atoms with E-state index in [-0.39, 0.29) is 5.41 Å². The average Bonchev–Trinajstić information content (AvgIpc) is 2.40. The largest absolute Gasteiger partial charge is 0.257 e. The van der Waals surface area contributed by atoms with Gasteiger partial charge in [-0.15, -0.1) is 0 Å². The Morgan fingerprint density at radius 1 is 1.33 bits per heavy atom. The van der Waals surface area contributed by atoms with Crippen LogP contribution in [0.5, 0.6) is 0 Å². The summed E-state index contributed by atoms with van der Waals surface area (Å²) in [5.74, 6) is 0.494. The minimum absolute atomic E-state index is 0.156. The van der Waals surface area contributed by atoms with Gasteiger partial charge in [-0.2, -0.15) is 0 Å². The van der Waals surface area contributed by atoms with Crippen molar-refractivity contribution in [2.45, 2.75) is 27.2 Å². The Bertz CT molecular complexity index is 478. The first-order chi connectivity index (χ1) is 8.65. The van der Waals surface area contributed by atoms with Crippen LogP contribution in [0.25, 0.3) is 5.57 Å². The summed E-state index contributed by atoms with van der Waals surface area (Å²) in [6.07, 6.45) is 14.0. The summed E-state index contributed by atoms with van der Waals surface area (Å²) in [5, 5.41) is 0. The summed E-state index contributed by atoms with van der Waals surface area (Å²) in [7, 11) is 0. The second-order valence-corrected chi connectivity index (χ2v) is 5.37. The van der Waals surface area contributed by atoms with Gasteiger partial charge in [-0.1, -0.05) is 50.3 Å². The Morgan fingerprint density at radius 3 is 2.83 bits per heavy atom. The van der Waals surface area contributed by atoms with E-state index in [1.165, 1.54) is 5.57 Å². The van der Waals surface area contributed by atoms with Gasteiger partial charge in [0.2, 0.25) is 0 Å². The van der Waals surface area contributed by atoms with Crippen molar-refractivity contribution in [3.63, 3.8) is 0 Å². The van der Waals surface area contributed by atoms with Crippen molar-refractivity contribution < 1.29 is 0 Å². The number of aromatic nitrogens is 1. The molecule has 1 nitrogen and oxygen atoms in total. The van der Waals surface area contributed by atoms with E-state index >= 15 is 0 Å². The summed E-state index contributed by atoms with van der Waals surface area (Å²) in [4.78, 5) is 4.50. The maximum atomic E-state index is 4.50. The van der Waals surface area contributed by atoms with E-state index in [9.17, 15) is 0 Å². The van der Waals surface area contributed by atoms with E-state index in [0.717, 1.165) is 12.1 Å². The van der Waals surface area contributed by atoms with E-state index in [4.69, 9.17) is 0 Å². The molecule has 2 rings (SSSR count). The fourth-order valence-electron chi connectivity index (χ4n) is 2.68. The van der Waals surface area contributed by atoms with Crippen molar-refractivity contribution in [2.75, 3.05) is 0 Å². The van der Waals surface area contributed by atoms with Crippen LogP contribution < -0.4 is 0 Å². The first kappa shape index (κ1) is 12.8. The molecule has 0 aromatic carbocycles. The minimum Gasteiger partial charge on any atom is -0.257 e. The molecule has 0 saturated carbocycles. The lowest BCUT2D eigenvalue weighted by molar-refractivity contribution is 0.354. The third-order valence-electron chi connectivity index (χ3n) is 3.61. The summed E-state index contributed by atoms with van der Waals surface area (Å²) >= 11 is 0. The standard InChI is InChI=1S/C17H21N/c1-4-12-17(2,3)15-10-6-5-9-14(15)16-11-7-8-13-18-16/h4-9,11-13,15H,10H2,1-3H3. The van der Waals surface area contributed by atoms with Gasteiger partial charge in [0.15, 0.2) is 0 Å². The van der Waals surface area contributed by atoms with E-state index in [2.05, 4.69) is 68.3 Å². The maximum absolute atomic E-state index is 4.50. The summed E-state index contributed by atoms with van der Waals surface area (Å²) < 4.78 is 0. The van der Waals surface area contributed by atoms with Gasteiger partial charge >= 0.3 is 0 Å². The second kappa shape index (κ2) is 5.34. The van der Waals surface area contributed by atoms with Crippen LogP contribution >= 0.6 is 0 Å². The van der Waals surface area contributed by atoms with Gasteiger partial charge in [-0.25, -0.2) is 0 Å². The molecule has 94 valence electrons. The highest BCUT2D eigenvalue weighted by Crippen LogP contribution is 2.42. The highest BCUT2D eigenvalue weighted by molar-refractivity contribution is 5.68. The SMILES string of the molecule is CC=CC(C)(C)C1CC=CC=C1c1ccccn1. The van der Waals surface area contributed by atoms with Crippen molar-refractivity contribution in [1.29, 1.82) is 0 Å². The third kappa shape index (κ3) is 2.61. The van der Waals surface area contributed by atoms with E-state index in [1.807, 2.05) is 12.3 Å². The molecule has 1 aliphatic rings. The molecular formula is C17H21N. The summed E-state index contributed by atoms with van der Waals surface area (Å²) in [5.41, 5.74) is 2.61. The van der Waals surface area contributed by atoms with Crippen molar-refractivity contribution in [3.8, 4) is 0 Å². The van der Waals surface area contributed by atoms with Crippen molar-refractivity contribution >= 4 is 5.57 Å². The fraction of sp³-hybridized carbons (Fsp3) is 0.353. The predicted octanol–water partition coefficient (Wildman–Crippen LogP) is 4.64. The Hall–Kier alpha value is -1.63. The highest BCUT2D eigenvalue weighted by Gasteiger charge is 2.31. The molecule has 1 aromatic heterocycles. The molecule has 0 N–H and O–H groups in total. The molecule has 1 aromatic rings. The average molecular weight is 239 g/mol. The van der Waals surface area contributed by atoms with Crippen LogP contribution in [0.2, 0.25) is 0 Å². The van der Waals surface area contributed by atoms with E-state index in [1.54, 1.807) is 0 Å². The normalized spacial score (nSPS) is 20.2. The maximum Gasteiger partial charge on any atom is 0.0664 e. The fourth-order valence-corrected chi connectivity index (χ4v) is 2.68. The lowest BCUT2D eigenvalue weighted by Gasteiger charge is -2.34. The van der Waals surface area contributed by atoms with Crippen LogP contribution in [0.4, 0.5) is 0 Å². The molecule has 0 bridgehead atoms. The zero-order valence-corrected chi connectivity index (χ0v) is 11.4. The Labute approximate surface area is 110 Å². The van der Waals surface area contributed by atoms with E-state index in [0.29, 0.717) is 5.92 Å². The molecule has 0 saturated heterocycles. The van der Waals surface area contributed by atoms with Gasteiger partial charge in [-0.05, 0) is 42.4 Å². The van der Waals surface area contributed by atoms with Gasteiger partial charge in [-0.3, -0.25) is 4.98 Å². The molecule has 18 heavy (non-hydrogen) atoms. The first-order valence-corrected chi connectivity index (χ1v) is 6.57. The van der Waals surface area contributed by atoms with Gasteiger partial charge in [0.05, 0.1) is 5.69 Å². The molecule has 1 aliphatic carbocycles. The van der Waals surface area contributed by atoms with Crippen LogP contribution in [-0.2, 0) is 0 Å². The van der Waals surface area contributed by atoms with Crippen molar-refractivity contribution in [3.05, 3.63) is 60.5 Å². The molecule has 1 atom stereocenters. The zero-order valence-electron chi connectivity index (χ0n) is 11.4. The quantitative estimate of drug-likeness (QED) is 0.700. The van der Waals surface area contributed by atoms with Gasteiger partial charge < -0.3 is 0 Å². The van der Waals surface area contributed by atoms with Crippen LogP contribution in [0.1, 0.15) is 32.9 Å². The van der Waals surface area contributed by atoms with Crippen LogP contribution in [0, 0.1) is 11.3 Å². The van der Waals surface area contributed by atoms with Crippen molar-refractivity contribution in [2.24, 2.45) is 11.3 Å². The molecule has 1 unspecified atom stereocenters. The second-order valence-electron chi connectivity index (χ2n) is 5.37. The Kier molecular flexibility index (Phi) is 3.81. The lowest BCUT2D eigenvalue weighted by atomic mass is 9.70. The molecule has 0 radical (unpaired) electrons. The van der Waals surface area contributed by atoms with Gasteiger partial charge in [0.25, 0.3) is 0 Å². The number of pyridine rings is 1. The number of hydrogen-bond donors (Lipinski definition) is 0. The highest BCUT2D eigenvalue weighted by atomic mass is 14.7. The van der Waals surface area contributed by atoms with Gasteiger partial charge in [0, 0.05) is 6.20 Å². The summed E-state index contributed by atoms with van der Waals surface area (Å²) in [6.45, 7) is 6.69. The van der Waals surface area contributed by atoms with Crippen LogP contribution in [0.15, 0.2) is 54.8 Å². The molecular weight excluding hydrogens is 218 g/mol. The molecule has 0 amide bonds. The zero-order chi connectivity index (χ0) is 13.0. The smallest absolute Gasteiger partial charge is 0.0664 e. The number of nitrogens with zero attached hydrogens (tertiary/aromatic N) is 1. The number of hydrogen-bond acceptors (Lipinski definition) is 1. The monoisotopic (exact) mass is 239 g/mol. The Morgan fingerprint density at radius 2 is 2.17 bits per heavy atom. The van der Waals surface area contributed by atoms with Crippen molar-refractivity contribution in [1.82, 2.24) is 4.98 Å². The lowest BCUT2D eigenvalue weighted by Crippen LogP contribution is -2.24. The molecule has 0 aliphatic heterocycles. The molecule has 0 spiro atoms. The third-order valence-corrected chi connectivity index (χ3v) is 3.61. The first-order valence-electron chi connectivity index (χ1n) is 6.57. The van der Waals surface area contributed by atoms with Crippen LogP contribution in [-0.4, -0.2) is 4.98 Å². The minimum atomic E-state index is 0.156. The van der Waals surface area contributed by atoms with Crippen LogP contribution in [0.3, 0.4) is 0 Å². The number of allylic oxidation sites excluding steroid dienone is 6. The predicted molar refractivity (Wildman–Crippen MR) is 78.1 cm³/mol. The molecule has 1 heterocycles. The summed E-state index contributed by atoms with van der Waals surface area (Å²) in [6, 6.07) is 6.12. The molecule has 0 fully saturated rings. The molecule has 1 heteroatoms.